The molecule has 0 amide bonds. The number of benzene rings is 2. The summed E-state index contributed by atoms with van der Waals surface area (Å²) in [7, 11) is 0. The van der Waals surface area contributed by atoms with Crippen molar-refractivity contribution in [1.82, 2.24) is 20.4 Å². The number of nitrogens with zero attached hydrogens (tertiary/aromatic N) is 4. The molecule has 0 aliphatic rings. The number of hydrogen-bond acceptors (Lipinski definition) is 4. The van der Waals surface area contributed by atoms with E-state index >= 15 is 0 Å². The van der Waals surface area contributed by atoms with Crippen LogP contribution in [-0.4, -0.2) is 20.4 Å². The Kier molecular flexibility index (Phi) is 3.64. The zero-order chi connectivity index (χ0) is 13.9. The van der Waals surface area contributed by atoms with E-state index in [0.29, 0.717) is 11.4 Å². The summed E-state index contributed by atoms with van der Waals surface area (Å²) in [6.07, 6.45) is 0. The first kappa shape index (κ1) is 13.0. The third-order valence-corrected chi connectivity index (χ3v) is 3.65. The molecule has 0 spiro atoms. The third-order valence-electron chi connectivity index (χ3n) is 2.71. The maximum atomic E-state index is 13.6. The molecule has 0 unspecified atom stereocenters. The molecule has 98 valence electrons. The summed E-state index contributed by atoms with van der Waals surface area (Å²) in [4.78, 5) is 0. The molecule has 0 aliphatic carbocycles. The highest BCUT2D eigenvalue weighted by Gasteiger charge is 2.11. The van der Waals surface area contributed by atoms with Crippen molar-refractivity contribution in [3.8, 4) is 22.8 Å². The number of aromatic nitrogens is 4. The Labute approximate surface area is 128 Å². The highest BCUT2D eigenvalue weighted by atomic mass is 127. The molecule has 2 aromatic carbocycles. The van der Waals surface area contributed by atoms with Crippen LogP contribution in [0.15, 0.2) is 48.5 Å². The Bertz CT molecular complexity index is 682. The van der Waals surface area contributed by atoms with E-state index in [9.17, 15) is 4.39 Å². The molecule has 0 atom stereocenters. The van der Waals surface area contributed by atoms with Crippen molar-refractivity contribution in [3.05, 3.63) is 57.9 Å². The molecule has 3 aromatic rings. The minimum absolute atomic E-state index is 0.179. The zero-order valence-electron chi connectivity index (χ0n) is 10.2. The molecular formula is C14H8FIN4. The highest BCUT2D eigenvalue weighted by molar-refractivity contribution is 14.1. The van der Waals surface area contributed by atoms with Gasteiger partial charge in [-0.05, 0) is 46.9 Å². The van der Waals surface area contributed by atoms with Gasteiger partial charge in [0.15, 0.2) is 0 Å². The van der Waals surface area contributed by atoms with Crippen molar-refractivity contribution in [2.45, 2.75) is 0 Å². The molecular weight excluding hydrogens is 370 g/mol. The predicted octanol–water partition coefficient (Wildman–Crippen LogP) is 3.34. The van der Waals surface area contributed by atoms with Gasteiger partial charge in [-0.1, -0.05) is 24.3 Å². The minimum atomic E-state index is -0.391. The van der Waals surface area contributed by atoms with Gasteiger partial charge in [0.05, 0.1) is 5.56 Å². The summed E-state index contributed by atoms with van der Waals surface area (Å²) >= 11 is 2.19. The van der Waals surface area contributed by atoms with Crippen molar-refractivity contribution in [2.75, 3.05) is 0 Å². The molecule has 0 saturated carbocycles. The maximum Gasteiger partial charge on any atom is 0.206 e. The van der Waals surface area contributed by atoms with E-state index in [2.05, 4.69) is 43.0 Å². The maximum absolute atomic E-state index is 13.6. The van der Waals surface area contributed by atoms with Crippen LogP contribution >= 0.6 is 22.6 Å². The topological polar surface area (TPSA) is 51.6 Å². The van der Waals surface area contributed by atoms with E-state index in [0.717, 1.165) is 9.13 Å². The van der Waals surface area contributed by atoms with Crippen LogP contribution in [0, 0.1) is 9.39 Å². The van der Waals surface area contributed by atoms with E-state index in [1.54, 1.807) is 18.2 Å². The molecule has 0 aliphatic heterocycles. The zero-order valence-corrected chi connectivity index (χ0v) is 12.3. The molecule has 1 heterocycles. The van der Waals surface area contributed by atoms with Crippen LogP contribution in [0.4, 0.5) is 4.39 Å². The van der Waals surface area contributed by atoms with E-state index in [4.69, 9.17) is 0 Å². The predicted molar refractivity (Wildman–Crippen MR) is 81.2 cm³/mol. The molecule has 0 radical (unpaired) electrons. The van der Waals surface area contributed by atoms with Gasteiger partial charge in [0.2, 0.25) is 11.6 Å². The first-order valence-electron chi connectivity index (χ1n) is 5.83. The minimum Gasteiger partial charge on any atom is -0.206 e. The lowest BCUT2D eigenvalue weighted by molar-refractivity contribution is 0.628. The van der Waals surface area contributed by atoms with Crippen LogP contribution < -0.4 is 0 Å². The van der Waals surface area contributed by atoms with Crippen LogP contribution in [0.5, 0.6) is 0 Å². The van der Waals surface area contributed by atoms with Gasteiger partial charge < -0.3 is 0 Å². The van der Waals surface area contributed by atoms with Gasteiger partial charge in [-0.15, -0.1) is 20.4 Å². The van der Waals surface area contributed by atoms with Gasteiger partial charge in [-0.3, -0.25) is 0 Å². The van der Waals surface area contributed by atoms with E-state index in [-0.39, 0.29) is 5.82 Å². The fourth-order valence-electron chi connectivity index (χ4n) is 1.73. The first-order chi connectivity index (χ1) is 9.75. The lowest BCUT2D eigenvalue weighted by Crippen LogP contribution is -2.01. The van der Waals surface area contributed by atoms with Crippen LogP contribution in [-0.2, 0) is 0 Å². The number of hydrogen-bond donors (Lipinski definition) is 0. The Hall–Kier alpha value is -1.96. The SMILES string of the molecule is Fc1ccccc1-c1nnc(-c2ccccc2I)nn1. The lowest BCUT2D eigenvalue weighted by Gasteiger charge is -2.03. The summed E-state index contributed by atoms with van der Waals surface area (Å²) in [5.41, 5.74) is 1.15. The molecule has 20 heavy (non-hydrogen) atoms. The number of halogens is 2. The quantitative estimate of drug-likeness (QED) is 0.642. The fourth-order valence-corrected chi connectivity index (χ4v) is 2.36. The van der Waals surface area contributed by atoms with Crippen molar-refractivity contribution in [3.63, 3.8) is 0 Å². The molecule has 0 bridgehead atoms. The fraction of sp³-hybridized carbons (Fsp3) is 0. The monoisotopic (exact) mass is 378 g/mol. The third kappa shape index (κ3) is 2.51. The molecule has 0 fully saturated rings. The second kappa shape index (κ2) is 5.58. The summed E-state index contributed by atoms with van der Waals surface area (Å²) in [6, 6.07) is 13.9. The Morgan fingerprint density at radius 3 is 1.80 bits per heavy atom. The summed E-state index contributed by atoms with van der Waals surface area (Å²) in [5.74, 6) is 0.214. The van der Waals surface area contributed by atoms with E-state index in [1.807, 2.05) is 24.3 Å². The van der Waals surface area contributed by atoms with Gasteiger partial charge in [0.25, 0.3) is 0 Å². The average molecular weight is 378 g/mol. The Balaban J connectivity index is 2.01. The standard InChI is InChI=1S/C14H8FIN4/c15-11-7-3-1-5-9(11)13-17-19-14(20-18-13)10-6-2-4-8-12(10)16/h1-8H. The Morgan fingerprint density at radius 2 is 1.20 bits per heavy atom. The van der Waals surface area contributed by atoms with Crippen LogP contribution in [0.2, 0.25) is 0 Å². The first-order valence-corrected chi connectivity index (χ1v) is 6.91. The second-order valence-electron chi connectivity index (χ2n) is 4.01. The van der Waals surface area contributed by atoms with E-state index < -0.39 is 5.82 Å². The van der Waals surface area contributed by atoms with E-state index in [1.165, 1.54) is 6.07 Å². The normalized spacial score (nSPS) is 10.5. The van der Waals surface area contributed by atoms with Gasteiger partial charge in [-0.25, -0.2) is 4.39 Å². The second-order valence-corrected chi connectivity index (χ2v) is 5.17. The smallest absolute Gasteiger partial charge is 0.206 e. The highest BCUT2D eigenvalue weighted by Crippen LogP contribution is 2.22. The van der Waals surface area contributed by atoms with Crippen molar-refractivity contribution in [2.24, 2.45) is 0 Å². The molecule has 0 N–H and O–H groups in total. The van der Waals surface area contributed by atoms with Crippen molar-refractivity contribution >= 4 is 22.6 Å². The Morgan fingerprint density at radius 1 is 0.700 bits per heavy atom. The summed E-state index contributed by atoms with van der Waals surface area (Å²) < 4.78 is 14.6. The van der Waals surface area contributed by atoms with Crippen molar-refractivity contribution < 1.29 is 4.39 Å². The van der Waals surface area contributed by atoms with Crippen LogP contribution in [0.3, 0.4) is 0 Å². The summed E-state index contributed by atoms with van der Waals surface area (Å²) in [6.45, 7) is 0. The van der Waals surface area contributed by atoms with Gasteiger partial charge >= 0.3 is 0 Å². The van der Waals surface area contributed by atoms with Crippen LogP contribution in [0.25, 0.3) is 22.8 Å². The molecule has 0 saturated heterocycles. The molecule has 6 heteroatoms. The molecule has 3 rings (SSSR count). The largest absolute Gasteiger partial charge is 0.206 e. The summed E-state index contributed by atoms with van der Waals surface area (Å²) in [5, 5.41) is 16.0. The van der Waals surface area contributed by atoms with Crippen LogP contribution in [0.1, 0.15) is 0 Å². The van der Waals surface area contributed by atoms with Crippen molar-refractivity contribution in [1.29, 1.82) is 0 Å². The average Bonchev–Trinajstić information content (AvgIpc) is 2.49. The van der Waals surface area contributed by atoms with Gasteiger partial charge in [-0.2, -0.15) is 0 Å². The van der Waals surface area contributed by atoms with Gasteiger partial charge in [0.1, 0.15) is 5.82 Å². The lowest BCUT2D eigenvalue weighted by atomic mass is 10.2. The number of rotatable bonds is 2. The molecule has 4 nitrogen and oxygen atoms in total. The molecule has 1 aromatic heterocycles. The van der Waals surface area contributed by atoms with Gasteiger partial charge in [0, 0.05) is 9.13 Å².